The van der Waals surface area contributed by atoms with Crippen LogP contribution in [0.3, 0.4) is 0 Å². The van der Waals surface area contributed by atoms with Crippen molar-refractivity contribution in [2.24, 2.45) is 0 Å². The van der Waals surface area contributed by atoms with Gasteiger partial charge in [0, 0.05) is 6.92 Å². The number of unbranched alkanes of at least 4 members (excludes halogenated alkanes) is 9. The van der Waals surface area contributed by atoms with E-state index in [1.54, 1.807) is 0 Å². The van der Waals surface area contributed by atoms with Crippen LogP contribution in [0.5, 0.6) is 0 Å². The predicted octanol–water partition coefficient (Wildman–Crippen LogP) is 5.37. The van der Waals surface area contributed by atoms with Crippen LogP contribution in [0, 0.1) is 0 Å². The highest BCUT2D eigenvalue weighted by molar-refractivity contribution is 5.69. The van der Waals surface area contributed by atoms with Crippen molar-refractivity contribution in [2.75, 3.05) is 0 Å². The van der Waals surface area contributed by atoms with Crippen LogP contribution in [0.1, 0.15) is 90.9 Å². The molecule has 0 spiro atoms. The molecule has 3 heteroatoms. The minimum Gasteiger partial charge on any atom is -0.455 e. The molecule has 3 nitrogen and oxygen atoms in total. The molecule has 0 aromatic carbocycles. The minimum absolute atomic E-state index is 0.378. The average molecular weight is 310 g/mol. The summed E-state index contributed by atoms with van der Waals surface area (Å²) in [6.07, 6.45) is 18.9. The average Bonchev–Trinajstić information content (AvgIpc) is 2.50. The first-order valence-corrected chi connectivity index (χ1v) is 8.98. The highest BCUT2D eigenvalue weighted by atomic mass is 16.5. The summed E-state index contributed by atoms with van der Waals surface area (Å²) in [7, 11) is 0. The first kappa shape index (κ1) is 20.9. The van der Waals surface area contributed by atoms with Crippen LogP contribution in [0.4, 0.5) is 0 Å². The van der Waals surface area contributed by atoms with E-state index >= 15 is 0 Å². The van der Waals surface area contributed by atoms with Gasteiger partial charge in [-0.25, -0.2) is 0 Å². The Morgan fingerprint density at radius 2 is 1.45 bits per heavy atom. The third-order valence-electron chi connectivity index (χ3n) is 3.72. The van der Waals surface area contributed by atoms with Gasteiger partial charge in [0.1, 0.15) is 0 Å². The minimum atomic E-state index is -0.551. The Morgan fingerprint density at radius 1 is 0.909 bits per heavy atom. The van der Waals surface area contributed by atoms with Crippen LogP contribution in [0.15, 0.2) is 12.2 Å². The molecule has 0 aliphatic carbocycles. The van der Waals surface area contributed by atoms with E-state index in [4.69, 9.17) is 4.74 Å². The van der Waals surface area contributed by atoms with Crippen molar-refractivity contribution in [3.8, 4) is 0 Å². The fourth-order valence-corrected chi connectivity index (χ4v) is 2.43. The molecule has 0 aliphatic heterocycles. The van der Waals surface area contributed by atoms with Crippen molar-refractivity contribution < 1.29 is 14.3 Å². The van der Waals surface area contributed by atoms with E-state index < -0.39 is 6.10 Å². The van der Waals surface area contributed by atoms with Gasteiger partial charge in [-0.05, 0) is 38.5 Å². The molecule has 128 valence electrons. The van der Waals surface area contributed by atoms with Gasteiger partial charge in [0.05, 0.1) is 0 Å². The van der Waals surface area contributed by atoms with Crippen molar-refractivity contribution in [3.63, 3.8) is 0 Å². The number of carbonyl (C=O) groups is 2. The Bertz CT molecular complexity index is 297. The lowest BCUT2D eigenvalue weighted by Crippen LogP contribution is -2.17. The molecule has 0 radical (unpaired) electrons. The smallest absolute Gasteiger partial charge is 0.303 e. The Kier molecular flexibility index (Phi) is 15.4. The Morgan fingerprint density at radius 3 is 1.95 bits per heavy atom. The Labute approximate surface area is 136 Å². The second-order valence-corrected chi connectivity index (χ2v) is 5.95. The van der Waals surface area contributed by atoms with E-state index in [1.165, 1.54) is 58.3 Å². The van der Waals surface area contributed by atoms with E-state index in [9.17, 15) is 9.59 Å². The molecule has 0 bridgehead atoms. The Hall–Kier alpha value is -1.12. The zero-order valence-electron chi connectivity index (χ0n) is 14.5. The van der Waals surface area contributed by atoms with Gasteiger partial charge in [-0.3, -0.25) is 9.59 Å². The molecular weight excluding hydrogens is 276 g/mol. The molecule has 0 heterocycles. The van der Waals surface area contributed by atoms with E-state index in [0.717, 1.165) is 25.5 Å². The van der Waals surface area contributed by atoms with Gasteiger partial charge < -0.3 is 4.74 Å². The first-order chi connectivity index (χ1) is 10.7. The molecular formula is C19H34O3. The lowest BCUT2D eigenvalue weighted by Gasteiger charge is -2.09. The van der Waals surface area contributed by atoms with Gasteiger partial charge in [0.15, 0.2) is 12.4 Å². The molecule has 0 rings (SSSR count). The Balaban J connectivity index is 3.31. The van der Waals surface area contributed by atoms with Crippen LogP contribution in [0.25, 0.3) is 0 Å². The van der Waals surface area contributed by atoms with Crippen LogP contribution in [0.2, 0.25) is 0 Å². The fourth-order valence-electron chi connectivity index (χ4n) is 2.43. The number of allylic oxidation sites excluding steroid dienone is 2. The van der Waals surface area contributed by atoms with E-state index in [1.807, 2.05) is 0 Å². The van der Waals surface area contributed by atoms with E-state index in [0.29, 0.717) is 6.42 Å². The second kappa shape index (κ2) is 16.3. The number of hydrogen-bond acceptors (Lipinski definition) is 3. The maximum absolute atomic E-state index is 10.8. The van der Waals surface area contributed by atoms with E-state index in [-0.39, 0.29) is 5.97 Å². The van der Waals surface area contributed by atoms with Gasteiger partial charge in [-0.15, -0.1) is 0 Å². The van der Waals surface area contributed by atoms with Crippen molar-refractivity contribution in [1.82, 2.24) is 0 Å². The van der Waals surface area contributed by atoms with Gasteiger partial charge in [-0.1, -0.05) is 57.6 Å². The number of ether oxygens (including phenoxy) is 1. The van der Waals surface area contributed by atoms with Gasteiger partial charge in [-0.2, -0.15) is 0 Å². The lowest BCUT2D eigenvalue weighted by atomic mass is 10.1. The number of aldehydes is 1. The maximum Gasteiger partial charge on any atom is 0.303 e. The number of carbonyl (C=O) groups excluding carboxylic acids is 2. The topological polar surface area (TPSA) is 43.4 Å². The van der Waals surface area contributed by atoms with Crippen LogP contribution in [-0.2, 0) is 14.3 Å². The molecule has 0 saturated heterocycles. The summed E-state index contributed by atoms with van der Waals surface area (Å²) < 4.78 is 4.89. The molecule has 0 N–H and O–H groups in total. The predicted molar refractivity (Wildman–Crippen MR) is 91.8 cm³/mol. The van der Waals surface area contributed by atoms with Crippen LogP contribution >= 0.6 is 0 Å². The molecule has 1 atom stereocenters. The van der Waals surface area contributed by atoms with E-state index in [2.05, 4.69) is 19.1 Å². The van der Waals surface area contributed by atoms with Crippen molar-refractivity contribution >= 4 is 12.3 Å². The van der Waals surface area contributed by atoms with Crippen molar-refractivity contribution in [1.29, 1.82) is 0 Å². The summed E-state index contributed by atoms with van der Waals surface area (Å²) in [5, 5.41) is 0. The summed E-state index contributed by atoms with van der Waals surface area (Å²) in [6, 6.07) is 0. The molecule has 0 saturated carbocycles. The highest BCUT2D eigenvalue weighted by Gasteiger charge is 2.09. The van der Waals surface area contributed by atoms with Crippen LogP contribution < -0.4 is 0 Å². The fraction of sp³-hybridized carbons (Fsp3) is 0.789. The standard InChI is InChI=1S/C19H34O3/c1-3-4-5-6-7-8-9-10-11-12-13-14-15-16-19(17-20)22-18(2)21/h9-10,17,19H,3-8,11-16H2,1-2H3/b10-9-. The monoisotopic (exact) mass is 310 g/mol. The number of rotatable bonds is 15. The molecule has 0 aliphatic rings. The summed E-state index contributed by atoms with van der Waals surface area (Å²) in [6.45, 7) is 3.59. The largest absolute Gasteiger partial charge is 0.455 e. The third-order valence-corrected chi connectivity index (χ3v) is 3.72. The summed E-state index contributed by atoms with van der Waals surface area (Å²) in [4.78, 5) is 21.5. The number of hydrogen-bond donors (Lipinski definition) is 0. The SMILES string of the molecule is CCCCCCC/C=C\CCCCCCC(C=O)OC(C)=O. The summed E-state index contributed by atoms with van der Waals surface area (Å²) in [5.74, 6) is -0.378. The molecule has 0 aromatic rings. The zero-order valence-corrected chi connectivity index (χ0v) is 14.5. The van der Waals surface area contributed by atoms with Crippen LogP contribution in [-0.4, -0.2) is 18.4 Å². The first-order valence-electron chi connectivity index (χ1n) is 8.98. The van der Waals surface area contributed by atoms with Crippen molar-refractivity contribution in [3.05, 3.63) is 12.2 Å². The highest BCUT2D eigenvalue weighted by Crippen LogP contribution is 2.10. The summed E-state index contributed by atoms with van der Waals surface area (Å²) >= 11 is 0. The molecule has 0 amide bonds. The zero-order chi connectivity index (χ0) is 16.5. The number of esters is 1. The summed E-state index contributed by atoms with van der Waals surface area (Å²) in [5.41, 5.74) is 0. The normalized spacial score (nSPS) is 12.5. The van der Waals surface area contributed by atoms with Gasteiger partial charge >= 0.3 is 5.97 Å². The lowest BCUT2D eigenvalue weighted by molar-refractivity contribution is -0.149. The molecule has 1 unspecified atom stereocenters. The molecule has 22 heavy (non-hydrogen) atoms. The quantitative estimate of drug-likeness (QED) is 0.177. The second-order valence-electron chi connectivity index (χ2n) is 5.95. The van der Waals surface area contributed by atoms with Gasteiger partial charge in [0.25, 0.3) is 0 Å². The molecule has 0 fully saturated rings. The maximum atomic E-state index is 10.8. The van der Waals surface area contributed by atoms with Crippen molar-refractivity contribution in [2.45, 2.75) is 97.0 Å². The van der Waals surface area contributed by atoms with Gasteiger partial charge in [0.2, 0.25) is 0 Å². The third kappa shape index (κ3) is 15.3. The molecule has 0 aromatic heterocycles.